The number of carbonyl (C=O) groups is 1. The van der Waals surface area contributed by atoms with Gasteiger partial charge in [0.1, 0.15) is 6.10 Å². The molecule has 0 radical (unpaired) electrons. The van der Waals surface area contributed by atoms with E-state index in [4.69, 9.17) is 4.98 Å². The fraction of sp³-hybridized carbons (Fsp3) is 0.240. The summed E-state index contributed by atoms with van der Waals surface area (Å²) in [6.07, 6.45) is 0.602. The summed E-state index contributed by atoms with van der Waals surface area (Å²) < 4.78 is 1.80. The van der Waals surface area contributed by atoms with Gasteiger partial charge < -0.3 is 15.5 Å². The third-order valence-corrected chi connectivity index (χ3v) is 5.85. The van der Waals surface area contributed by atoms with Gasteiger partial charge in [0.15, 0.2) is 0 Å². The largest absolute Gasteiger partial charge is 0.394 e. The normalized spacial score (nSPS) is 12.9. The SMILES string of the molecule is CCn1cc(-c2cc(C(=O)NC(CO)C(O)c3ccc([N+](=O)[O-])cc3)c3ccccc3n2)c(C)n1. The molecule has 2 aromatic heterocycles. The summed E-state index contributed by atoms with van der Waals surface area (Å²) in [6.45, 7) is 4.01. The third-order valence-electron chi connectivity index (χ3n) is 5.85. The minimum atomic E-state index is -1.28. The summed E-state index contributed by atoms with van der Waals surface area (Å²) >= 11 is 0. The van der Waals surface area contributed by atoms with Crippen LogP contribution >= 0.6 is 0 Å². The molecule has 2 atom stereocenters. The molecule has 1 amide bonds. The Hall–Kier alpha value is -4.15. The van der Waals surface area contributed by atoms with Crippen LogP contribution in [0.5, 0.6) is 0 Å². The number of aliphatic hydroxyl groups excluding tert-OH is 2. The lowest BCUT2D eigenvalue weighted by atomic mass is 10.0. The van der Waals surface area contributed by atoms with Crippen LogP contribution in [0.3, 0.4) is 0 Å². The topological polar surface area (TPSA) is 143 Å². The molecule has 0 fully saturated rings. The summed E-state index contributed by atoms with van der Waals surface area (Å²) in [7, 11) is 0. The Morgan fingerprint density at radius 2 is 1.91 bits per heavy atom. The Morgan fingerprint density at radius 3 is 2.54 bits per heavy atom. The number of benzene rings is 2. The first-order valence-electron chi connectivity index (χ1n) is 11.1. The van der Waals surface area contributed by atoms with E-state index >= 15 is 0 Å². The van der Waals surface area contributed by atoms with E-state index in [2.05, 4.69) is 10.4 Å². The summed E-state index contributed by atoms with van der Waals surface area (Å²) in [6, 6.07) is 13.2. The molecular weight excluding hydrogens is 450 g/mol. The predicted molar refractivity (Wildman–Crippen MR) is 130 cm³/mol. The van der Waals surface area contributed by atoms with Crippen molar-refractivity contribution in [3.8, 4) is 11.3 Å². The maximum atomic E-state index is 13.4. The highest BCUT2D eigenvalue weighted by molar-refractivity contribution is 6.07. The van der Waals surface area contributed by atoms with Gasteiger partial charge in [0.2, 0.25) is 0 Å². The molecule has 0 aliphatic heterocycles. The molecule has 0 spiro atoms. The van der Waals surface area contributed by atoms with Gasteiger partial charge in [0, 0.05) is 35.8 Å². The Bertz CT molecular complexity index is 1380. The van der Waals surface area contributed by atoms with Crippen molar-refractivity contribution in [3.05, 3.63) is 87.7 Å². The monoisotopic (exact) mass is 475 g/mol. The molecule has 0 aliphatic carbocycles. The number of fused-ring (bicyclic) bond motifs is 1. The maximum Gasteiger partial charge on any atom is 0.269 e. The average molecular weight is 476 g/mol. The zero-order chi connectivity index (χ0) is 25.1. The maximum absolute atomic E-state index is 13.4. The molecule has 4 rings (SSSR count). The number of hydrogen-bond acceptors (Lipinski definition) is 7. The molecule has 35 heavy (non-hydrogen) atoms. The van der Waals surface area contributed by atoms with Gasteiger partial charge in [-0.1, -0.05) is 18.2 Å². The van der Waals surface area contributed by atoms with Crippen molar-refractivity contribution in [2.24, 2.45) is 0 Å². The summed E-state index contributed by atoms with van der Waals surface area (Å²) in [5, 5.41) is 39.3. The van der Waals surface area contributed by atoms with E-state index in [1.165, 1.54) is 24.3 Å². The number of carbonyl (C=O) groups excluding carboxylic acids is 1. The molecule has 4 aromatic rings. The fourth-order valence-electron chi connectivity index (χ4n) is 3.93. The Balaban J connectivity index is 1.67. The van der Waals surface area contributed by atoms with E-state index in [-0.39, 0.29) is 5.69 Å². The lowest BCUT2D eigenvalue weighted by molar-refractivity contribution is -0.384. The average Bonchev–Trinajstić information content (AvgIpc) is 3.26. The van der Waals surface area contributed by atoms with Crippen molar-refractivity contribution in [3.63, 3.8) is 0 Å². The Kier molecular flexibility index (Phi) is 6.85. The van der Waals surface area contributed by atoms with Gasteiger partial charge in [-0.05, 0) is 43.7 Å². The number of pyridine rings is 1. The number of amides is 1. The highest BCUT2D eigenvalue weighted by Gasteiger charge is 2.25. The molecule has 3 N–H and O–H groups in total. The number of rotatable bonds is 8. The van der Waals surface area contributed by atoms with Crippen LogP contribution in [0, 0.1) is 17.0 Å². The van der Waals surface area contributed by atoms with Gasteiger partial charge in [-0.15, -0.1) is 0 Å². The molecule has 10 heteroatoms. The van der Waals surface area contributed by atoms with Crippen LogP contribution in [0.1, 0.15) is 34.6 Å². The van der Waals surface area contributed by atoms with E-state index in [9.17, 15) is 25.1 Å². The van der Waals surface area contributed by atoms with Crippen molar-refractivity contribution in [1.29, 1.82) is 0 Å². The van der Waals surface area contributed by atoms with Crippen LogP contribution < -0.4 is 5.32 Å². The number of aromatic nitrogens is 3. The summed E-state index contributed by atoms with van der Waals surface area (Å²) in [4.78, 5) is 28.4. The number of aliphatic hydroxyl groups is 2. The fourth-order valence-corrected chi connectivity index (χ4v) is 3.93. The van der Waals surface area contributed by atoms with Gasteiger partial charge >= 0.3 is 0 Å². The lowest BCUT2D eigenvalue weighted by Crippen LogP contribution is -2.42. The van der Waals surface area contributed by atoms with Crippen LogP contribution in [0.15, 0.2) is 60.8 Å². The molecular formula is C25H25N5O5. The molecule has 0 aliphatic rings. The number of hydrogen-bond donors (Lipinski definition) is 3. The van der Waals surface area contributed by atoms with Crippen LogP contribution in [-0.4, -0.2) is 48.5 Å². The third kappa shape index (κ3) is 4.88. The van der Waals surface area contributed by atoms with Crippen molar-refractivity contribution in [2.75, 3.05) is 6.61 Å². The van der Waals surface area contributed by atoms with E-state index < -0.39 is 29.6 Å². The molecule has 0 bridgehead atoms. The molecule has 2 unspecified atom stereocenters. The Labute approximate surface area is 201 Å². The molecule has 10 nitrogen and oxygen atoms in total. The zero-order valence-electron chi connectivity index (χ0n) is 19.3. The van der Waals surface area contributed by atoms with Gasteiger partial charge in [0.25, 0.3) is 11.6 Å². The quantitative estimate of drug-likeness (QED) is 0.262. The van der Waals surface area contributed by atoms with Crippen molar-refractivity contribution < 1.29 is 19.9 Å². The number of aryl methyl sites for hydroxylation is 2. The number of nitrogens with one attached hydrogen (secondary N) is 1. The first-order valence-corrected chi connectivity index (χ1v) is 11.1. The number of nitrogens with zero attached hydrogens (tertiary/aromatic N) is 4. The number of non-ortho nitro benzene ring substituents is 1. The molecule has 180 valence electrons. The molecule has 0 saturated heterocycles. The van der Waals surface area contributed by atoms with E-state index in [1.807, 2.05) is 32.2 Å². The zero-order valence-corrected chi connectivity index (χ0v) is 19.3. The second kappa shape index (κ2) is 10.00. The number of para-hydroxylation sites is 1. The first-order chi connectivity index (χ1) is 16.8. The van der Waals surface area contributed by atoms with Crippen LogP contribution in [0.2, 0.25) is 0 Å². The second-order valence-electron chi connectivity index (χ2n) is 8.11. The van der Waals surface area contributed by atoms with Crippen LogP contribution in [0.4, 0.5) is 5.69 Å². The summed E-state index contributed by atoms with van der Waals surface area (Å²) in [5.74, 6) is -0.495. The van der Waals surface area contributed by atoms with Gasteiger partial charge in [0.05, 0.1) is 40.0 Å². The Morgan fingerprint density at radius 1 is 1.20 bits per heavy atom. The van der Waals surface area contributed by atoms with Gasteiger partial charge in [-0.25, -0.2) is 4.98 Å². The van der Waals surface area contributed by atoms with E-state index in [0.29, 0.717) is 34.3 Å². The van der Waals surface area contributed by atoms with Crippen molar-refractivity contribution >= 4 is 22.5 Å². The van der Waals surface area contributed by atoms with Gasteiger partial charge in [-0.2, -0.15) is 5.10 Å². The van der Waals surface area contributed by atoms with Gasteiger partial charge in [-0.3, -0.25) is 19.6 Å². The minimum absolute atomic E-state index is 0.122. The highest BCUT2D eigenvalue weighted by atomic mass is 16.6. The van der Waals surface area contributed by atoms with Crippen molar-refractivity contribution in [2.45, 2.75) is 32.5 Å². The lowest BCUT2D eigenvalue weighted by Gasteiger charge is -2.23. The number of nitro benzene ring substituents is 1. The van der Waals surface area contributed by atoms with E-state index in [0.717, 1.165) is 11.3 Å². The second-order valence-corrected chi connectivity index (χ2v) is 8.11. The summed E-state index contributed by atoms with van der Waals surface area (Å²) in [5.41, 5.74) is 3.33. The predicted octanol–water partition coefficient (Wildman–Crippen LogP) is 3.16. The van der Waals surface area contributed by atoms with Crippen LogP contribution in [-0.2, 0) is 6.54 Å². The molecule has 2 heterocycles. The minimum Gasteiger partial charge on any atom is -0.394 e. The number of nitro groups is 1. The first kappa shape index (κ1) is 24.0. The van der Waals surface area contributed by atoms with E-state index in [1.54, 1.807) is 22.9 Å². The molecule has 2 aromatic carbocycles. The standard InChI is InChI=1S/C25H25N5O5/c1-3-29-13-20(15(2)28-29)22-12-19(18-6-4-5-7-21(18)26-22)25(33)27-23(14-31)24(32)16-8-10-17(11-9-16)30(34)35/h4-13,23-24,31-32H,3,14H2,1-2H3,(H,27,33). The highest BCUT2D eigenvalue weighted by Crippen LogP contribution is 2.27. The van der Waals surface area contributed by atoms with Crippen molar-refractivity contribution in [1.82, 2.24) is 20.1 Å². The molecule has 0 saturated carbocycles. The smallest absolute Gasteiger partial charge is 0.269 e. The van der Waals surface area contributed by atoms with Crippen LogP contribution in [0.25, 0.3) is 22.2 Å².